The molecule has 22 heavy (non-hydrogen) atoms. The lowest BCUT2D eigenvalue weighted by molar-refractivity contribution is -0.108. The topological polar surface area (TPSA) is 25.4 Å². The van der Waals surface area contributed by atoms with Crippen molar-refractivity contribution in [2.45, 2.75) is 39.5 Å². The molecule has 1 aliphatic heterocycles. The van der Waals surface area contributed by atoms with Gasteiger partial charge >= 0.3 is 0 Å². The monoisotopic (exact) mass is 316 g/mol. The Hall–Kier alpha value is -1.23. The molecule has 4 heteroatoms. The molecule has 0 aliphatic carbocycles. The molecule has 2 aromatic rings. The fourth-order valence-electron chi connectivity index (χ4n) is 2.92. The third kappa shape index (κ3) is 3.75. The van der Waals surface area contributed by atoms with Crippen LogP contribution in [-0.2, 0) is 11.3 Å². The van der Waals surface area contributed by atoms with Crippen LogP contribution in [-0.4, -0.2) is 29.1 Å². The Balaban J connectivity index is 1.75. The maximum Gasteiger partial charge on any atom is 0.0956 e. The van der Waals surface area contributed by atoms with Gasteiger partial charge in [0.25, 0.3) is 0 Å². The first kappa shape index (κ1) is 15.7. The van der Waals surface area contributed by atoms with E-state index in [4.69, 9.17) is 4.74 Å². The second-order valence-corrected chi connectivity index (χ2v) is 7.43. The van der Waals surface area contributed by atoms with Crippen LogP contribution in [0, 0.1) is 12.8 Å². The minimum Gasteiger partial charge on any atom is -0.367 e. The first-order valence-electron chi connectivity index (χ1n) is 7.95. The predicted molar refractivity (Wildman–Crippen MR) is 91.0 cm³/mol. The quantitative estimate of drug-likeness (QED) is 0.851. The third-order valence-corrected chi connectivity index (χ3v) is 4.99. The Morgan fingerprint density at radius 1 is 1.27 bits per heavy atom. The van der Waals surface area contributed by atoms with Gasteiger partial charge in [0.1, 0.15) is 0 Å². The Labute approximate surface area is 137 Å². The molecule has 0 amide bonds. The standard InChI is InChI=1S/C18H24N2OS/c1-13(2)17-10-20(9-16-12-22-14(3)19-16)11-18(21-17)15-7-5-4-6-8-15/h4-8,12-13,17-18H,9-11H2,1-3H3/t17-,18+/m1/s1. The summed E-state index contributed by atoms with van der Waals surface area (Å²) in [4.78, 5) is 7.09. The van der Waals surface area contributed by atoms with E-state index in [0.717, 1.165) is 24.6 Å². The van der Waals surface area contributed by atoms with Gasteiger partial charge in [-0.3, -0.25) is 4.90 Å². The highest BCUT2D eigenvalue weighted by Crippen LogP contribution is 2.29. The van der Waals surface area contributed by atoms with Gasteiger partial charge in [0.15, 0.2) is 0 Å². The Kier molecular flexibility index (Phi) is 4.91. The average Bonchev–Trinajstić information content (AvgIpc) is 2.93. The molecule has 1 fully saturated rings. The summed E-state index contributed by atoms with van der Waals surface area (Å²) in [6.45, 7) is 9.38. The van der Waals surface area contributed by atoms with Crippen molar-refractivity contribution in [3.8, 4) is 0 Å². The summed E-state index contributed by atoms with van der Waals surface area (Å²) >= 11 is 1.73. The number of nitrogens with zero attached hydrogens (tertiary/aromatic N) is 2. The van der Waals surface area contributed by atoms with Crippen molar-refractivity contribution in [2.24, 2.45) is 5.92 Å². The molecule has 0 spiro atoms. The van der Waals surface area contributed by atoms with Crippen LogP contribution in [0.5, 0.6) is 0 Å². The fourth-order valence-corrected chi connectivity index (χ4v) is 3.52. The number of hydrogen-bond acceptors (Lipinski definition) is 4. The van der Waals surface area contributed by atoms with Gasteiger partial charge in [-0.2, -0.15) is 0 Å². The van der Waals surface area contributed by atoms with Crippen LogP contribution >= 0.6 is 11.3 Å². The number of aromatic nitrogens is 1. The van der Waals surface area contributed by atoms with E-state index in [-0.39, 0.29) is 12.2 Å². The first-order valence-corrected chi connectivity index (χ1v) is 8.83. The van der Waals surface area contributed by atoms with E-state index in [1.807, 2.05) is 0 Å². The highest BCUT2D eigenvalue weighted by atomic mass is 32.1. The molecule has 0 bridgehead atoms. The zero-order valence-corrected chi connectivity index (χ0v) is 14.3. The summed E-state index contributed by atoms with van der Waals surface area (Å²) in [5.74, 6) is 0.520. The summed E-state index contributed by atoms with van der Waals surface area (Å²) in [6.07, 6.45) is 0.431. The second kappa shape index (κ2) is 6.90. The molecule has 0 N–H and O–H groups in total. The maximum absolute atomic E-state index is 6.35. The zero-order chi connectivity index (χ0) is 15.5. The SMILES string of the molecule is Cc1nc(CN2C[C@@H](c3ccccc3)O[C@@H](C(C)C)C2)cs1. The highest BCUT2D eigenvalue weighted by molar-refractivity contribution is 7.09. The summed E-state index contributed by atoms with van der Waals surface area (Å²) in [6, 6.07) is 10.6. The average molecular weight is 316 g/mol. The second-order valence-electron chi connectivity index (χ2n) is 6.37. The molecule has 0 saturated carbocycles. The molecular formula is C18H24N2OS. The first-order chi connectivity index (χ1) is 10.6. The van der Waals surface area contributed by atoms with E-state index in [2.05, 4.69) is 66.4 Å². The highest BCUT2D eigenvalue weighted by Gasteiger charge is 2.30. The molecule has 0 radical (unpaired) electrons. The van der Waals surface area contributed by atoms with E-state index in [1.165, 1.54) is 11.3 Å². The lowest BCUT2D eigenvalue weighted by atomic mass is 10.0. The van der Waals surface area contributed by atoms with Gasteiger partial charge in [0.2, 0.25) is 0 Å². The van der Waals surface area contributed by atoms with Crippen LogP contribution < -0.4 is 0 Å². The number of hydrogen-bond donors (Lipinski definition) is 0. The van der Waals surface area contributed by atoms with Crippen molar-refractivity contribution >= 4 is 11.3 Å². The van der Waals surface area contributed by atoms with Crippen molar-refractivity contribution in [1.29, 1.82) is 0 Å². The lowest BCUT2D eigenvalue weighted by Gasteiger charge is -2.39. The van der Waals surface area contributed by atoms with Crippen molar-refractivity contribution in [1.82, 2.24) is 9.88 Å². The zero-order valence-electron chi connectivity index (χ0n) is 13.5. The van der Waals surface area contributed by atoms with E-state index >= 15 is 0 Å². The number of morpholine rings is 1. The third-order valence-electron chi connectivity index (χ3n) is 4.17. The molecule has 3 nitrogen and oxygen atoms in total. The van der Waals surface area contributed by atoms with Crippen LogP contribution in [0.1, 0.15) is 36.2 Å². The Bertz CT molecular complexity index is 596. The van der Waals surface area contributed by atoms with Crippen molar-refractivity contribution in [3.63, 3.8) is 0 Å². The molecular weight excluding hydrogens is 292 g/mol. The van der Waals surface area contributed by atoms with Gasteiger partial charge in [-0.1, -0.05) is 44.2 Å². The Morgan fingerprint density at radius 3 is 2.68 bits per heavy atom. The van der Waals surface area contributed by atoms with E-state index < -0.39 is 0 Å². The molecule has 1 saturated heterocycles. The van der Waals surface area contributed by atoms with E-state index in [9.17, 15) is 0 Å². The van der Waals surface area contributed by atoms with E-state index in [1.54, 1.807) is 11.3 Å². The van der Waals surface area contributed by atoms with Crippen molar-refractivity contribution < 1.29 is 4.74 Å². The molecule has 2 heterocycles. The van der Waals surface area contributed by atoms with Gasteiger partial charge in [0, 0.05) is 25.0 Å². The molecule has 0 unspecified atom stereocenters. The Morgan fingerprint density at radius 2 is 2.05 bits per heavy atom. The number of benzene rings is 1. The van der Waals surface area contributed by atoms with Crippen LogP contribution in [0.3, 0.4) is 0 Å². The normalized spacial score (nSPS) is 23.1. The molecule has 118 valence electrons. The van der Waals surface area contributed by atoms with Crippen LogP contribution in [0.4, 0.5) is 0 Å². The predicted octanol–water partition coefficient (Wildman–Crippen LogP) is 4.05. The fraction of sp³-hybridized carbons (Fsp3) is 0.500. The summed E-state index contributed by atoms with van der Waals surface area (Å²) in [7, 11) is 0. The summed E-state index contributed by atoms with van der Waals surface area (Å²) < 4.78 is 6.35. The smallest absolute Gasteiger partial charge is 0.0956 e. The summed E-state index contributed by atoms with van der Waals surface area (Å²) in [5.41, 5.74) is 2.45. The van der Waals surface area contributed by atoms with Crippen molar-refractivity contribution in [3.05, 3.63) is 52.0 Å². The largest absolute Gasteiger partial charge is 0.367 e. The number of thiazole rings is 1. The van der Waals surface area contributed by atoms with Gasteiger partial charge in [-0.25, -0.2) is 4.98 Å². The van der Waals surface area contributed by atoms with Crippen LogP contribution in [0.15, 0.2) is 35.7 Å². The lowest BCUT2D eigenvalue weighted by Crippen LogP contribution is -2.45. The van der Waals surface area contributed by atoms with Gasteiger partial charge in [-0.05, 0) is 18.4 Å². The molecule has 3 rings (SSSR count). The minimum atomic E-state index is 0.155. The van der Waals surface area contributed by atoms with Gasteiger partial charge < -0.3 is 4.74 Å². The number of ether oxygens (including phenoxy) is 1. The summed E-state index contributed by atoms with van der Waals surface area (Å²) in [5, 5.41) is 3.32. The molecule has 2 atom stereocenters. The maximum atomic E-state index is 6.35. The van der Waals surface area contributed by atoms with Gasteiger partial charge in [0.05, 0.1) is 22.9 Å². The van der Waals surface area contributed by atoms with Gasteiger partial charge in [-0.15, -0.1) is 11.3 Å². The van der Waals surface area contributed by atoms with E-state index in [0.29, 0.717) is 5.92 Å². The van der Waals surface area contributed by atoms with Crippen LogP contribution in [0.25, 0.3) is 0 Å². The van der Waals surface area contributed by atoms with Crippen LogP contribution in [0.2, 0.25) is 0 Å². The molecule has 1 aliphatic rings. The van der Waals surface area contributed by atoms with Crippen molar-refractivity contribution in [2.75, 3.05) is 13.1 Å². The minimum absolute atomic E-state index is 0.155. The molecule has 1 aromatic heterocycles. The molecule has 1 aromatic carbocycles. The number of aryl methyl sites for hydroxylation is 1. The number of rotatable bonds is 4.